The molecule has 0 saturated heterocycles. The normalized spacial score (nSPS) is 12.8. The minimum atomic E-state index is -3.55. The van der Waals surface area contributed by atoms with Crippen LogP contribution in [0.25, 0.3) is 0 Å². The van der Waals surface area contributed by atoms with Gasteiger partial charge in [0.2, 0.25) is 10.0 Å². The fourth-order valence-corrected chi connectivity index (χ4v) is 4.12. The van der Waals surface area contributed by atoms with E-state index in [-0.39, 0.29) is 10.9 Å². The van der Waals surface area contributed by atoms with Gasteiger partial charge >= 0.3 is 0 Å². The van der Waals surface area contributed by atoms with E-state index in [1.54, 1.807) is 30.3 Å². The average molecular weight is 381 g/mol. The van der Waals surface area contributed by atoms with Crippen molar-refractivity contribution in [1.82, 2.24) is 9.62 Å². The van der Waals surface area contributed by atoms with Crippen molar-refractivity contribution in [3.8, 4) is 0 Å². The van der Waals surface area contributed by atoms with E-state index in [9.17, 15) is 8.42 Å². The Morgan fingerprint density at radius 1 is 0.815 bits per heavy atom. The molecular weight excluding hydrogens is 356 g/mol. The number of likely N-dealkylation sites (N-methyl/N-ethyl adjacent to an activating group) is 1. The molecule has 0 amide bonds. The minimum absolute atomic E-state index is 0.0788. The summed E-state index contributed by atoms with van der Waals surface area (Å²) in [5.41, 5.74) is 2.26. The molecule has 1 N–H and O–H groups in total. The largest absolute Gasteiger partial charge is 0.294 e. The highest BCUT2D eigenvalue weighted by atomic mass is 32.2. The molecule has 0 bridgehead atoms. The van der Waals surface area contributed by atoms with Crippen LogP contribution < -0.4 is 4.72 Å². The number of hydrogen-bond donors (Lipinski definition) is 1. The lowest BCUT2D eigenvalue weighted by Crippen LogP contribution is -2.36. The van der Waals surface area contributed by atoms with Crippen molar-refractivity contribution < 1.29 is 8.42 Å². The molecule has 0 radical (unpaired) electrons. The lowest BCUT2D eigenvalue weighted by molar-refractivity contribution is 0.237. The number of nitrogens with one attached hydrogen (secondary N) is 1. The van der Waals surface area contributed by atoms with Gasteiger partial charge in [0.25, 0.3) is 0 Å². The first-order chi connectivity index (χ1) is 13.1. The first-order valence-corrected chi connectivity index (χ1v) is 10.4. The van der Waals surface area contributed by atoms with Crippen molar-refractivity contribution in [2.24, 2.45) is 0 Å². The maximum Gasteiger partial charge on any atom is 0.240 e. The van der Waals surface area contributed by atoms with Gasteiger partial charge in [-0.15, -0.1) is 0 Å². The summed E-state index contributed by atoms with van der Waals surface area (Å²) in [4.78, 5) is 2.44. The van der Waals surface area contributed by atoms with E-state index in [2.05, 4.69) is 21.8 Å². The summed E-state index contributed by atoms with van der Waals surface area (Å²) >= 11 is 0. The summed E-state index contributed by atoms with van der Waals surface area (Å²) in [5, 5.41) is 0. The quantitative estimate of drug-likeness (QED) is 0.646. The van der Waals surface area contributed by atoms with Crippen molar-refractivity contribution in [3.05, 3.63) is 102 Å². The van der Waals surface area contributed by atoms with Gasteiger partial charge in [0.05, 0.1) is 4.90 Å². The van der Waals surface area contributed by atoms with Gasteiger partial charge in [-0.1, -0.05) is 78.9 Å². The molecule has 5 heteroatoms. The van der Waals surface area contributed by atoms with Crippen LogP contribution in [-0.4, -0.2) is 26.9 Å². The van der Waals surface area contributed by atoms with Gasteiger partial charge in [-0.3, -0.25) is 4.90 Å². The Morgan fingerprint density at radius 2 is 1.33 bits per heavy atom. The summed E-state index contributed by atoms with van der Waals surface area (Å²) in [6, 6.07) is 28.5. The Labute approximate surface area is 161 Å². The lowest BCUT2D eigenvalue weighted by atomic mass is 10.1. The summed E-state index contributed by atoms with van der Waals surface area (Å²) in [6.45, 7) is 1.03. The minimum Gasteiger partial charge on any atom is -0.294 e. The second kappa shape index (κ2) is 8.95. The van der Waals surface area contributed by atoms with Crippen molar-refractivity contribution >= 4 is 10.0 Å². The molecule has 0 saturated carbocycles. The van der Waals surface area contributed by atoms with Crippen molar-refractivity contribution in [3.63, 3.8) is 0 Å². The Bertz CT molecular complexity index is 930. The topological polar surface area (TPSA) is 49.4 Å². The third-order valence-electron chi connectivity index (χ3n) is 4.51. The Kier molecular flexibility index (Phi) is 6.40. The van der Waals surface area contributed by atoms with E-state index in [0.29, 0.717) is 6.54 Å². The van der Waals surface area contributed by atoms with Gasteiger partial charge in [-0.2, -0.15) is 0 Å². The van der Waals surface area contributed by atoms with E-state index in [4.69, 9.17) is 0 Å². The monoisotopic (exact) mass is 380 g/mol. The number of nitrogens with zero attached hydrogens (tertiary/aromatic N) is 1. The van der Waals surface area contributed by atoms with Gasteiger partial charge < -0.3 is 0 Å². The lowest BCUT2D eigenvalue weighted by Gasteiger charge is -2.29. The molecule has 0 aliphatic heterocycles. The van der Waals surface area contributed by atoms with Gasteiger partial charge in [0, 0.05) is 19.1 Å². The predicted octanol–water partition coefficient (Wildman–Crippen LogP) is 3.84. The molecule has 1 unspecified atom stereocenters. The number of benzene rings is 3. The Balaban J connectivity index is 1.78. The van der Waals surface area contributed by atoms with E-state index < -0.39 is 10.0 Å². The van der Waals surface area contributed by atoms with Crippen LogP contribution in [0.5, 0.6) is 0 Å². The molecule has 3 rings (SSSR count). The van der Waals surface area contributed by atoms with Crippen molar-refractivity contribution in [2.75, 3.05) is 13.6 Å². The van der Waals surface area contributed by atoms with Gasteiger partial charge in [0.1, 0.15) is 0 Å². The third kappa shape index (κ3) is 5.26. The zero-order chi connectivity index (χ0) is 19.1. The molecule has 1 atom stereocenters. The predicted molar refractivity (Wildman–Crippen MR) is 109 cm³/mol. The van der Waals surface area contributed by atoms with Crippen molar-refractivity contribution in [2.45, 2.75) is 17.5 Å². The zero-order valence-electron chi connectivity index (χ0n) is 15.3. The van der Waals surface area contributed by atoms with Crippen LogP contribution in [0.15, 0.2) is 95.9 Å². The van der Waals surface area contributed by atoms with Crippen LogP contribution in [-0.2, 0) is 16.6 Å². The molecule has 3 aromatic rings. The molecule has 0 aliphatic rings. The zero-order valence-corrected chi connectivity index (χ0v) is 16.1. The maximum absolute atomic E-state index is 12.6. The third-order valence-corrected chi connectivity index (χ3v) is 5.95. The second-order valence-electron chi connectivity index (χ2n) is 6.49. The molecule has 0 heterocycles. The molecule has 27 heavy (non-hydrogen) atoms. The number of hydrogen-bond acceptors (Lipinski definition) is 3. The van der Waals surface area contributed by atoms with E-state index in [1.807, 2.05) is 55.6 Å². The average Bonchev–Trinajstić information content (AvgIpc) is 2.70. The molecule has 140 valence electrons. The summed E-state index contributed by atoms with van der Waals surface area (Å²) in [5.74, 6) is 0. The van der Waals surface area contributed by atoms with Crippen LogP contribution in [0.3, 0.4) is 0 Å². The standard InChI is InChI=1S/C22H24N2O2S/c1-24(18-19-11-5-2-6-12-19)22(20-13-7-3-8-14-20)17-23-27(25,26)21-15-9-4-10-16-21/h2-16,22-23H,17-18H2,1H3. The SMILES string of the molecule is CN(Cc1ccccc1)C(CNS(=O)(=O)c1ccccc1)c1ccccc1. The number of sulfonamides is 1. The van der Waals surface area contributed by atoms with E-state index in [1.165, 1.54) is 5.56 Å². The van der Waals surface area contributed by atoms with E-state index >= 15 is 0 Å². The van der Waals surface area contributed by atoms with Gasteiger partial charge in [0.15, 0.2) is 0 Å². The summed E-state index contributed by atoms with van der Waals surface area (Å²) in [6.07, 6.45) is 0. The molecular formula is C22H24N2O2S. The Morgan fingerprint density at radius 3 is 1.93 bits per heavy atom. The van der Waals surface area contributed by atoms with Crippen LogP contribution >= 0.6 is 0 Å². The molecule has 0 fully saturated rings. The molecule has 0 spiro atoms. The van der Waals surface area contributed by atoms with Gasteiger partial charge in [-0.25, -0.2) is 13.1 Å². The fourth-order valence-electron chi connectivity index (χ4n) is 3.06. The fraction of sp³-hybridized carbons (Fsp3) is 0.182. The molecule has 0 aliphatic carbocycles. The summed E-state index contributed by atoms with van der Waals surface area (Å²) < 4.78 is 28.0. The first-order valence-electron chi connectivity index (χ1n) is 8.90. The van der Waals surface area contributed by atoms with Crippen LogP contribution in [0.4, 0.5) is 0 Å². The number of rotatable bonds is 8. The first kappa shape index (κ1) is 19.3. The Hall–Kier alpha value is -2.47. The van der Waals surface area contributed by atoms with Crippen LogP contribution in [0.1, 0.15) is 17.2 Å². The van der Waals surface area contributed by atoms with E-state index in [0.717, 1.165) is 12.1 Å². The smallest absolute Gasteiger partial charge is 0.240 e. The molecule has 0 aromatic heterocycles. The summed E-state index contributed by atoms with van der Waals surface area (Å²) in [7, 11) is -1.53. The second-order valence-corrected chi connectivity index (χ2v) is 8.26. The van der Waals surface area contributed by atoms with Crippen LogP contribution in [0.2, 0.25) is 0 Å². The highest BCUT2D eigenvalue weighted by Gasteiger charge is 2.21. The molecule has 3 aromatic carbocycles. The van der Waals surface area contributed by atoms with Gasteiger partial charge in [-0.05, 0) is 30.3 Å². The maximum atomic E-state index is 12.6. The van der Waals surface area contributed by atoms with Crippen molar-refractivity contribution in [1.29, 1.82) is 0 Å². The highest BCUT2D eigenvalue weighted by Crippen LogP contribution is 2.21. The highest BCUT2D eigenvalue weighted by molar-refractivity contribution is 7.89. The van der Waals surface area contributed by atoms with Crippen LogP contribution in [0, 0.1) is 0 Å². The molecule has 4 nitrogen and oxygen atoms in total.